The molecule has 2 N–H and O–H groups in total. The number of rotatable bonds is 3. The summed E-state index contributed by atoms with van der Waals surface area (Å²) in [7, 11) is 0. The average molecular weight is 266 g/mol. The van der Waals surface area contributed by atoms with Gasteiger partial charge in [-0.05, 0) is 37.1 Å². The molecule has 2 aromatic rings. The van der Waals surface area contributed by atoms with E-state index in [0.717, 1.165) is 6.42 Å². The molecule has 0 radical (unpaired) electrons. The van der Waals surface area contributed by atoms with Crippen LogP contribution in [-0.2, 0) is 0 Å². The Morgan fingerprint density at radius 2 is 1.70 bits per heavy atom. The lowest BCUT2D eigenvalue weighted by Crippen LogP contribution is -2.38. The monoisotopic (exact) mass is 266 g/mol. The van der Waals surface area contributed by atoms with E-state index in [0.29, 0.717) is 18.0 Å². The van der Waals surface area contributed by atoms with Crippen molar-refractivity contribution in [2.24, 2.45) is 5.92 Å². The molecule has 2 aromatic carbocycles. The van der Waals surface area contributed by atoms with Gasteiger partial charge in [-0.1, -0.05) is 43.3 Å². The van der Waals surface area contributed by atoms with Crippen LogP contribution in [0.3, 0.4) is 0 Å². The summed E-state index contributed by atoms with van der Waals surface area (Å²) >= 11 is 0. The highest BCUT2D eigenvalue weighted by molar-refractivity contribution is 5.59. The summed E-state index contributed by atoms with van der Waals surface area (Å²) in [6.07, 6.45) is 1.16. The third-order valence-electron chi connectivity index (χ3n) is 4.32. The fraction of sp³-hybridized carbons (Fsp3) is 0.333. The van der Waals surface area contributed by atoms with Crippen molar-refractivity contribution in [1.82, 2.24) is 0 Å². The Bertz CT molecular complexity index is 565. The minimum absolute atomic E-state index is 0.370. The van der Waals surface area contributed by atoms with Crippen molar-refractivity contribution >= 4 is 11.4 Å². The van der Waals surface area contributed by atoms with Gasteiger partial charge in [-0.3, -0.25) is 0 Å². The minimum atomic E-state index is 0.370. The molecule has 0 aliphatic carbocycles. The van der Waals surface area contributed by atoms with Gasteiger partial charge in [0.1, 0.15) is 0 Å². The van der Waals surface area contributed by atoms with Crippen molar-refractivity contribution in [2.45, 2.75) is 32.4 Å². The van der Waals surface area contributed by atoms with E-state index >= 15 is 0 Å². The number of benzene rings is 2. The number of nitrogens with one attached hydrogen (secondary N) is 2. The summed E-state index contributed by atoms with van der Waals surface area (Å²) in [5.74, 6) is 0.588. The maximum atomic E-state index is 3.73. The highest BCUT2D eigenvalue weighted by atomic mass is 15.0. The number of hydrogen-bond donors (Lipinski definition) is 2. The summed E-state index contributed by atoms with van der Waals surface area (Å²) in [5, 5.41) is 7.37. The van der Waals surface area contributed by atoms with E-state index in [1.165, 1.54) is 16.9 Å². The first kappa shape index (κ1) is 13.0. The fourth-order valence-electron chi connectivity index (χ4n) is 3.26. The summed E-state index contributed by atoms with van der Waals surface area (Å²) in [6.45, 7) is 4.56. The normalized spacial score (nSPS) is 24.6. The van der Waals surface area contributed by atoms with Gasteiger partial charge in [0.15, 0.2) is 0 Å². The van der Waals surface area contributed by atoms with Crippen LogP contribution in [0.5, 0.6) is 0 Å². The zero-order valence-corrected chi connectivity index (χ0v) is 12.1. The lowest BCUT2D eigenvalue weighted by molar-refractivity contribution is 0.381. The zero-order valence-electron chi connectivity index (χ0n) is 12.1. The lowest BCUT2D eigenvalue weighted by Gasteiger charge is -2.39. The van der Waals surface area contributed by atoms with E-state index in [4.69, 9.17) is 0 Å². The highest BCUT2D eigenvalue weighted by Crippen LogP contribution is 2.40. The summed E-state index contributed by atoms with van der Waals surface area (Å²) in [4.78, 5) is 0. The molecule has 2 nitrogen and oxygen atoms in total. The van der Waals surface area contributed by atoms with Gasteiger partial charge in [-0.25, -0.2) is 0 Å². The van der Waals surface area contributed by atoms with Crippen LogP contribution >= 0.6 is 0 Å². The third-order valence-corrected chi connectivity index (χ3v) is 4.32. The first-order chi connectivity index (χ1) is 9.79. The second kappa shape index (κ2) is 5.58. The first-order valence-electron chi connectivity index (χ1n) is 7.46. The van der Waals surface area contributed by atoms with Crippen LogP contribution in [0.4, 0.5) is 11.4 Å². The summed E-state index contributed by atoms with van der Waals surface area (Å²) in [5.41, 5.74) is 3.83. The van der Waals surface area contributed by atoms with Crippen LogP contribution in [0.25, 0.3) is 0 Å². The molecule has 0 saturated carbocycles. The molecule has 3 rings (SSSR count). The molecule has 3 atom stereocenters. The van der Waals surface area contributed by atoms with E-state index in [9.17, 15) is 0 Å². The van der Waals surface area contributed by atoms with Crippen LogP contribution in [0.1, 0.15) is 31.9 Å². The Labute approximate surface area is 121 Å². The molecule has 0 spiro atoms. The molecule has 2 heteroatoms. The molecule has 1 aliphatic rings. The molecule has 0 fully saturated rings. The molecule has 0 bridgehead atoms. The maximum Gasteiger partial charge on any atom is 0.0581 e. The van der Waals surface area contributed by atoms with Crippen molar-refractivity contribution in [3.8, 4) is 0 Å². The van der Waals surface area contributed by atoms with E-state index < -0.39 is 0 Å². The van der Waals surface area contributed by atoms with E-state index in [1.807, 2.05) is 0 Å². The molecule has 0 amide bonds. The lowest BCUT2D eigenvalue weighted by atomic mass is 9.81. The zero-order chi connectivity index (χ0) is 13.9. The number of hydrogen-bond acceptors (Lipinski definition) is 2. The van der Waals surface area contributed by atoms with Crippen molar-refractivity contribution < 1.29 is 0 Å². The topological polar surface area (TPSA) is 24.1 Å². The Morgan fingerprint density at radius 1 is 1.00 bits per heavy atom. The molecule has 1 aliphatic heterocycles. The van der Waals surface area contributed by atoms with Crippen LogP contribution in [-0.4, -0.2) is 6.04 Å². The molecule has 0 aromatic heterocycles. The van der Waals surface area contributed by atoms with Crippen LogP contribution in [0.2, 0.25) is 0 Å². The largest absolute Gasteiger partial charge is 0.382 e. The third kappa shape index (κ3) is 2.38. The number of anilines is 2. The predicted octanol–water partition coefficient (Wildman–Crippen LogP) is 4.68. The van der Waals surface area contributed by atoms with E-state index in [2.05, 4.69) is 79.1 Å². The van der Waals surface area contributed by atoms with Gasteiger partial charge in [-0.15, -0.1) is 0 Å². The van der Waals surface area contributed by atoms with Crippen molar-refractivity contribution in [2.75, 3.05) is 10.6 Å². The van der Waals surface area contributed by atoms with Crippen molar-refractivity contribution in [3.63, 3.8) is 0 Å². The van der Waals surface area contributed by atoms with Gasteiger partial charge >= 0.3 is 0 Å². The first-order valence-corrected chi connectivity index (χ1v) is 7.46. The Morgan fingerprint density at radius 3 is 2.45 bits per heavy atom. The number of fused-ring (bicyclic) bond motifs is 1. The summed E-state index contributed by atoms with van der Waals surface area (Å²) in [6, 6.07) is 20.0. The highest BCUT2D eigenvalue weighted by Gasteiger charge is 2.32. The molecule has 20 heavy (non-hydrogen) atoms. The Balaban J connectivity index is 1.96. The molecular formula is C18H22N2. The molecule has 1 heterocycles. The van der Waals surface area contributed by atoms with Crippen molar-refractivity contribution in [1.29, 1.82) is 0 Å². The van der Waals surface area contributed by atoms with Crippen LogP contribution < -0.4 is 10.6 Å². The standard InChI is InChI=1S/C18H22N2/c1-3-15-13(2)19-17-12-8-7-11-16(17)18(15)20-14-9-5-4-6-10-14/h4-13,15,18-20H,3H2,1-2H3. The average Bonchev–Trinajstić information content (AvgIpc) is 2.48. The van der Waals surface area contributed by atoms with Gasteiger partial charge in [0, 0.05) is 23.3 Å². The van der Waals surface area contributed by atoms with Crippen LogP contribution in [0.15, 0.2) is 54.6 Å². The molecule has 104 valence electrons. The minimum Gasteiger partial charge on any atom is -0.382 e. The van der Waals surface area contributed by atoms with E-state index in [-0.39, 0.29) is 0 Å². The Hall–Kier alpha value is -1.96. The summed E-state index contributed by atoms with van der Waals surface area (Å²) < 4.78 is 0. The Kier molecular flexibility index (Phi) is 3.64. The van der Waals surface area contributed by atoms with Gasteiger partial charge < -0.3 is 10.6 Å². The van der Waals surface area contributed by atoms with Gasteiger partial charge in [0.2, 0.25) is 0 Å². The van der Waals surface area contributed by atoms with Gasteiger partial charge in [0.25, 0.3) is 0 Å². The van der Waals surface area contributed by atoms with Crippen LogP contribution in [0, 0.1) is 5.92 Å². The second-order valence-electron chi connectivity index (χ2n) is 5.58. The smallest absolute Gasteiger partial charge is 0.0581 e. The SMILES string of the molecule is CCC1C(C)Nc2ccccc2C1Nc1ccccc1. The quantitative estimate of drug-likeness (QED) is 0.843. The second-order valence-corrected chi connectivity index (χ2v) is 5.58. The molecule has 0 saturated heterocycles. The predicted molar refractivity (Wildman–Crippen MR) is 86.1 cm³/mol. The fourth-order valence-corrected chi connectivity index (χ4v) is 3.26. The van der Waals surface area contributed by atoms with E-state index in [1.54, 1.807) is 0 Å². The maximum absolute atomic E-state index is 3.73. The van der Waals surface area contributed by atoms with Crippen molar-refractivity contribution in [3.05, 3.63) is 60.2 Å². The number of para-hydroxylation sites is 2. The van der Waals surface area contributed by atoms with Gasteiger partial charge in [0.05, 0.1) is 6.04 Å². The van der Waals surface area contributed by atoms with Gasteiger partial charge in [-0.2, -0.15) is 0 Å². The molecular weight excluding hydrogens is 244 g/mol. The molecule has 3 unspecified atom stereocenters.